The van der Waals surface area contributed by atoms with Crippen LogP contribution >= 0.6 is 0 Å². The lowest BCUT2D eigenvalue weighted by atomic mass is 10.0. The van der Waals surface area contributed by atoms with E-state index in [1.54, 1.807) is 28.8 Å². The Hall–Kier alpha value is -4.35. The third kappa shape index (κ3) is 5.63. The Kier molecular flexibility index (Phi) is 7.26. The number of nitrogens with zero attached hydrogens (tertiary/aromatic N) is 3. The first-order chi connectivity index (χ1) is 19.3. The maximum Gasteiger partial charge on any atom is 0.416 e. The number of halogens is 6. The number of nitrogens with one attached hydrogen (secondary N) is 1. The number of aromatic nitrogens is 2. The number of carbonyl (C=O) groups excluding carboxylic acids is 2. The number of aryl methyl sites for hydroxylation is 1. The van der Waals surface area contributed by atoms with Gasteiger partial charge in [0, 0.05) is 32.1 Å². The van der Waals surface area contributed by atoms with Crippen LogP contribution in [0.2, 0.25) is 0 Å². The van der Waals surface area contributed by atoms with Gasteiger partial charge in [-0.15, -0.1) is 0 Å². The molecule has 0 radical (unpaired) electrons. The van der Waals surface area contributed by atoms with Gasteiger partial charge in [0.15, 0.2) is 11.5 Å². The van der Waals surface area contributed by atoms with Crippen LogP contribution in [0.4, 0.5) is 32.2 Å². The number of anilines is 1. The van der Waals surface area contributed by atoms with Gasteiger partial charge in [-0.25, -0.2) is 4.98 Å². The highest BCUT2D eigenvalue weighted by molar-refractivity contribution is 6.15. The number of hydrogen-bond donors (Lipinski definition) is 1. The van der Waals surface area contributed by atoms with Gasteiger partial charge in [0.05, 0.1) is 11.1 Å². The maximum absolute atomic E-state index is 13.6. The predicted molar refractivity (Wildman–Crippen MR) is 139 cm³/mol. The molecular weight excluding hydrogens is 550 g/mol. The number of benzene rings is 3. The Morgan fingerprint density at radius 3 is 2.27 bits per heavy atom. The van der Waals surface area contributed by atoms with Crippen molar-refractivity contribution in [2.45, 2.75) is 44.7 Å². The number of fused-ring (bicyclic) bond motifs is 2. The van der Waals surface area contributed by atoms with Crippen LogP contribution in [-0.2, 0) is 31.9 Å². The first kappa shape index (κ1) is 28.2. The zero-order valence-corrected chi connectivity index (χ0v) is 21.7. The summed E-state index contributed by atoms with van der Waals surface area (Å²) in [4.78, 5) is 32.9. The van der Waals surface area contributed by atoms with Crippen LogP contribution in [-0.4, -0.2) is 28.4 Å². The summed E-state index contributed by atoms with van der Waals surface area (Å²) in [5, 5.41) is 3.98. The molecule has 0 spiro atoms. The highest BCUT2D eigenvalue weighted by Crippen LogP contribution is 2.36. The van der Waals surface area contributed by atoms with Crippen LogP contribution in [0.3, 0.4) is 0 Å². The van der Waals surface area contributed by atoms with Crippen LogP contribution in [0.25, 0.3) is 10.8 Å². The Morgan fingerprint density at radius 2 is 1.59 bits per heavy atom. The maximum atomic E-state index is 13.6. The molecule has 0 atom stereocenters. The van der Waals surface area contributed by atoms with Crippen molar-refractivity contribution in [3.8, 4) is 0 Å². The van der Waals surface area contributed by atoms with E-state index in [4.69, 9.17) is 0 Å². The van der Waals surface area contributed by atoms with Gasteiger partial charge in [-0.05, 0) is 53.4 Å². The zero-order chi connectivity index (χ0) is 29.5. The van der Waals surface area contributed by atoms with Gasteiger partial charge >= 0.3 is 12.4 Å². The average Bonchev–Trinajstić information content (AvgIpc) is 3.33. The molecule has 214 valence electrons. The quantitative estimate of drug-likeness (QED) is 0.273. The average molecular weight is 575 g/mol. The number of rotatable bonds is 5. The lowest BCUT2D eigenvalue weighted by Crippen LogP contribution is -2.32. The summed E-state index contributed by atoms with van der Waals surface area (Å²) in [6.45, 7) is -0.185. The van der Waals surface area contributed by atoms with Gasteiger partial charge in [-0.2, -0.15) is 26.3 Å². The Labute approximate surface area is 230 Å². The third-order valence-corrected chi connectivity index (χ3v) is 7.02. The van der Waals surface area contributed by atoms with E-state index in [0.717, 1.165) is 18.2 Å². The van der Waals surface area contributed by atoms with E-state index in [0.29, 0.717) is 41.9 Å². The highest BCUT2D eigenvalue weighted by Gasteiger charge is 2.37. The molecule has 0 aliphatic carbocycles. The van der Waals surface area contributed by atoms with Crippen LogP contribution in [0.15, 0.2) is 60.7 Å². The lowest BCUT2D eigenvalue weighted by molar-refractivity contribution is -0.143. The number of amides is 2. The minimum Gasteiger partial charge on any atom is -0.347 e. The smallest absolute Gasteiger partial charge is 0.347 e. The Balaban J connectivity index is 1.48. The van der Waals surface area contributed by atoms with E-state index in [-0.39, 0.29) is 23.1 Å². The number of imidazole rings is 1. The Morgan fingerprint density at radius 1 is 0.927 bits per heavy atom. The molecule has 2 amide bonds. The van der Waals surface area contributed by atoms with Crippen LogP contribution in [0.1, 0.15) is 56.2 Å². The minimum absolute atomic E-state index is 0.0128. The summed E-state index contributed by atoms with van der Waals surface area (Å²) in [5.74, 6) is -0.590. The van der Waals surface area contributed by atoms with Crippen molar-refractivity contribution in [3.05, 3.63) is 94.4 Å². The number of hydrogen-bond acceptors (Lipinski definition) is 3. The molecular formula is C29H24F6N4O2. The minimum atomic E-state index is -5.01. The van der Waals surface area contributed by atoms with Gasteiger partial charge in [0.25, 0.3) is 11.8 Å². The van der Waals surface area contributed by atoms with Crippen molar-refractivity contribution >= 4 is 28.4 Å². The van der Waals surface area contributed by atoms with Gasteiger partial charge in [0.1, 0.15) is 5.82 Å². The molecule has 3 aromatic carbocycles. The number of alkyl halides is 6. The van der Waals surface area contributed by atoms with Crippen molar-refractivity contribution in [3.63, 3.8) is 0 Å². The summed E-state index contributed by atoms with van der Waals surface area (Å²) >= 11 is 0. The van der Waals surface area contributed by atoms with Crippen LogP contribution < -0.4 is 10.2 Å². The van der Waals surface area contributed by atoms with E-state index >= 15 is 0 Å². The van der Waals surface area contributed by atoms with Crippen LogP contribution in [0, 0.1) is 0 Å². The third-order valence-electron chi connectivity index (χ3n) is 7.02. The zero-order valence-electron chi connectivity index (χ0n) is 21.7. The fourth-order valence-corrected chi connectivity index (χ4v) is 5.00. The first-order valence-electron chi connectivity index (χ1n) is 12.8. The largest absolute Gasteiger partial charge is 0.416 e. The van der Waals surface area contributed by atoms with Crippen molar-refractivity contribution in [2.24, 2.45) is 0 Å². The van der Waals surface area contributed by atoms with Gasteiger partial charge in [-0.1, -0.05) is 36.4 Å². The molecule has 0 unspecified atom stereocenters. The molecule has 2 heterocycles. The molecule has 1 aromatic heterocycles. The van der Waals surface area contributed by atoms with E-state index in [1.807, 2.05) is 18.2 Å². The molecule has 5 rings (SSSR count). The second kappa shape index (κ2) is 10.6. The normalized spacial score (nSPS) is 13.6. The molecule has 4 aromatic rings. The Bertz CT molecular complexity index is 1600. The predicted octanol–water partition coefficient (Wildman–Crippen LogP) is 6.62. The molecule has 0 bridgehead atoms. The van der Waals surface area contributed by atoms with E-state index in [9.17, 15) is 35.9 Å². The summed E-state index contributed by atoms with van der Waals surface area (Å²) in [6, 6.07) is 13.7. The summed E-state index contributed by atoms with van der Waals surface area (Å²) in [6.07, 6.45) is -7.94. The topological polar surface area (TPSA) is 67.2 Å². The standard InChI is InChI=1S/C29H24F6N4O2/c1-38(27(41)22-10-6-8-18-7-2-3-9-21(18)22)25-24(39-12-5-4-11-23(39)37-25)26(40)36-16-17-13-19(28(30,31)32)15-20(14-17)29(33,34)35/h2-3,6-10,13-15H,4-5,11-12,16H2,1H3,(H,36,40). The van der Waals surface area contributed by atoms with Crippen LogP contribution in [0.5, 0.6) is 0 Å². The molecule has 0 fully saturated rings. The van der Waals surface area contributed by atoms with Gasteiger partial charge in [0.2, 0.25) is 0 Å². The molecule has 12 heteroatoms. The van der Waals surface area contributed by atoms with E-state index in [2.05, 4.69) is 10.3 Å². The second-order valence-electron chi connectivity index (χ2n) is 9.80. The summed E-state index contributed by atoms with van der Waals surface area (Å²) < 4.78 is 81.4. The monoisotopic (exact) mass is 574 g/mol. The summed E-state index contributed by atoms with van der Waals surface area (Å²) in [5.41, 5.74) is -2.93. The van der Waals surface area contributed by atoms with Crippen molar-refractivity contribution in [2.75, 3.05) is 11.9 Å². The van der Waals surface area contributed by atoms with Gasteiger partial charge in [-0.3, -0.25) is 14.5 Å². The molecule has 0 saturated heterocycles. The first-order valence-corrected chi connectivity index (χ1v) is 12.8. The highest BCUT2D eigenvalue weighted by atomic mass is 19.4. The number of carbonyl (C=O) groups is 2. The second-order valence-corrected chi connectivity index (χ2v) is 9.80. The lowest BCUT2D eigenvalue weighted by Gasteiger charge is -2.20. The van der Waals surface area contributed by atoms with Crippen molar-refractivity contribution in [1.82, 2.24) is 14.9 Å². The molecule has 41 heavy (non-hydrogen) atoms. The van der Waals surface area contributed by atoms with Crippen molar-refractivity contribution in [1.29, 1.82) is 0 Å². The fourth-order valence-electron chi connectivity index (χ4n) is 5.00. The SMILES string of the molecule is CN(C(=O)c1cccc2ccccc12)c1nc2n(c1C(=O)NCc1cc(C(F)(F)F)cc(C(F)(F)F)c1)CCCC2. The molecule has 1 aliphatic heterocycles. The molecule has 1 N–H and O–H groups in total. The van der Waals surface area contributed by atoms with Crippen molar-refractivity contribution < 1.29 is 35.9 Å². The van der Waals surface area contributed by atoms with E-state index < -0.39 is 41.8 Å². The van der Waals surface area contributed by atoms with Gasteiger partial charge < -0.3 is 9.88 Å². The molecule has 0 saturated carbocycles. The summed E-state index contributed by atoms with van der Waals surface area (Å²) in [7, 11) is 1.47. The fraction of sp³-hybridized carbons (Fsp3) is 0.276. The van der Waals surface area contributed by atoms with E-state index in [1.165, 1.54) is 11.9 Å². The molecule has 6 nitrogen and oxygen atoms in total. The molecule has 1 aliphatic rings.